The molecule has 0 radical (unpaired) electrons. The number of hydrogen-bond acceptors (Lipinski definition) is 3. The summed E-state index contributed by atoms with van der Waals surface area (Å²) in [6.45, 7) is 1.50. The number of carbonyl (C=O) groups is 1. The monoisotopic (exact) mass is 245 g/mol. The van der Waals surface area contributed by atoms with Crippen molar-refractivity contribution in [2.24, 2.45) is 11.6 Å². The first-order valence-corrected chi connectivity index (χ1v) is 4.38. The maximum Gasteiger partial charge on any atom is 0.185 e. The van der Waals surface area contributed by atoms with Crippen molar-refractivity contribution in [3.63, 3.8) is 0 Å². The lowest BCUT2D eigenvalue weighted by Crippen LogP contribution is -2.41. The number of rotatable bonds is 2. The molecule has 4 nitrogen and oxygen atoms in total. The highest BCUT2D eigenvalue weighted by Crippen LogP contribution is 2.12. The number of hydrazine groups is 1. The van der Waals surface area contributed by atoms with Gasteiger partial charge in [-0.05, 0) is 43.4 Å². The molecule has 0 unspecified atom stereocenters. The van der Waals surface area contributed by atoms with Gasteiger partial charge in [-0.1, -0.05) is 0 Å². The number of ketones is 1. The van der Waals surface area contributed by atoms with Gasteiger partial charge in [0, 0.05) is 5.56 Å². The van der Waals surface area contributed by atoms with E-state index >= 15 is 0 Å². The van der Waals surface area contributed by atoms with E-state index in [2.05, 4.69) is 0 Å². The first-order valence-electron chi connectivity index (χ1n) is 3.97. The summed E-state index contributed by atoms with van der Waals surface area (Å²) in [4.78, 5) is 11.0. The fourth-order valence-corrected chi connectivity index (χ4v) is 1.09. The summed E-state index contributed by atoms with van der Waals surface area (Å²) in [5, 5.41) is 1.26. The van der Waals surface area contributed by atoms with Gasteiger partial charge in [-0.25, -0.2) is 5.84 Å². The molecule has 6 heteroatoms. The Kier molecular flexibility index (Phi) is 5.21. The number of nitrogens with two attached hydrogens (primary N) is 2. The second-order valence-corrected chi connectivity index (χ2v) is 3.23. The van der Waals surface area contributed by atoms with Crippen molar-refractivity contribution >= 4 is 41.2 Å². The first-order chi connectivity index (χ1) is 6.52. The molecule has 1 aromatic carbocycles. The molecule has 82 valence electrons. The molecule has 0 spiro atoms. The second-order valence-electron chi connectivity index (χ2n) is 2.81. The van der Waals surface area contributed by atoms with E-state index in [1.165, 1.54) is 11.9 Å². The van der Waals surface area contributed by atoms with Crippen LogP contribution in [0.1, 0.15) is 17.3 Å². The van der Waals surface area contributed by atoms with Crippen molar-refractivity contribution in [2.75, 3.05) is 5.01 Å². The minimum atomic E-state index is 0. The van der Waals surface area contributed by atoms with E-state index < -0.39 is 0 Å². The van der Waals surface area contributed by atoms with Crippen molar-refractivity contribution < 1.29 is 4.79 Å². The van der Waals surface area contributed by atoms with Crippen molar-refractivity contribution in [2.45, 2.75) is 6.92 Å². The van der Waals surface area contributed by atoms with E-state index in [1.54, 1.807) is 24.3 Å². The second kappa shape index (κ2) is 5.65. The van der Waals surface area contributed by atoms with Crippen LogP contribution in [0.3, 0.4) is 0 Å². The number of benzene rings is 1. The number of halogens is 1. The Morgan fingerprint density at radius 1 is 1.33 bits per heavy atom. The summed E-state index contributed by atoms with van der Waals surface area (Å²) >= 11 is 4.70. The molecule has 0 aliphatic heterocycles. The molecular weight excluding hydrogens is 234 g/mol. The number of thiocarbonyl (C=S) groups is 1. The Labute approximate surface area is 99.6 Å². The van der Waals surface area contributed by atoms with Gasteiger partial charge in [-0.3, -0.25) is 9.80 Å². The summed E-state index contributed by atoms with van der Waals surface area (Å²) in [6.07, 6.45) is 0. The van der Waals surface area contributed by atoms with Crippen molar-refractivity contribution in [3.05, 3.63) is 29.8 Å². The van der Waals surface area contributed by atoms with Crippen LogP contribution in [0.15, 0.2) is 24.3 Å². The highest BCUT2D eigenvalue weighted by molar-refractivity contribution is 7.80. The summed E-state index contributed by atoms with van der Waals surface area (Å²) < 4.78 is 0. The highest BCUT2D eigenvalue weighted by atomic mass is 35.5. The average molecular weight is 246 g/mol. The van der Waals surface area contributed by atoms with Gasteiger partial charge in [0.25, 0.3) is 0 Å². The molecule has 0 fully saturated rings. The number of nitrogens with zero attached hydrogens (tertiary/aromatic N) is 1. The van der Waals surface area contributed by atoms with Gasteiger partial charge in [-0.15, -0.1) is 12.4 Å². The molecule has 0 aromatic heterocycles. The Hall–Kier alpha value is -1.17. The highest BCUT2D eigenvalue weighted by Gasteiger charge is 2.04. The normalized spacial score (nSPS) is 8.93. The minimum Gasteiger partial charge on any atom is -0.375 e. The van der Waals surface area contributed by atoms with Crippen LogP contribution in [-0.2, 0) is 0 Å². The maximum absolute atomic E-state index is 11.0. The van der Waals surface area contributed by atoms with E-state index in [1.807, 2.05) is 0 Å². The van der Waals surface area contributed by atoms with Gasteiger partial charge in [0.1, 0.15) is 0 Å². The molecule has 0 saturated heterocycles. The van der Waals surface area contributed by atoms with Crippen LogP contribution in [0.4, 0.5) is 5.69 Å². The molecule has 1 aromatic rings. The molecule has 1 rings (SSSR count). The zero-order valence-electron chi connectivity index (χ0n) is 8.14. The van der Waals surface area contributed by atoms with Crippen LogP contribution in [-0.4, -0.2) is 10.9 Å². The summed E-state index contributed by atoms with van der Waals surface area (Å²) in [5.41, 5.74) is 6.62. The van der Waals surface area contributed by atoms with Crippen LogP contribution in [0.5, 0.6) is 0 Å². The molecule has 0 atom stereocenters. The standard InChI is InChI=1S/C9H11N3OS.ClH/c1-6(13)7-2-4-8(5-3-7)12(11)9(10)14;/h2-5H,11H2,1H3,(H2,10,14);1H. The maximum atomic E-state index is 11.0. The van der Waals surface area contributed by atoms with Crippen LogP contribution in [0.2, 0.25) is 0 Å². The fourth-order valence-electron chi connectivity index (χ4n) is 0.984. The largest absolute Gasteiger partial charge is 0.375 e. The van der Waals surface area contributed by atoms with E-state index in [0.29, 0.717) is 11.3 Å². The van der Waals surface area contributed by atoms with E-state index in [4.69, 9.17) is 23.8 Å². The third kappa shape index (κ3) is 3.47. The smallest absolute Gasteiger partial charge is 0.185 e. The fraction of sp³-hybridized carbons (Fsp3) is 0.111. The molecule has 0 saturated carbocycles. The SMILES string of the molecule is CC(=O)c1ccc(N(N)C(N)=S)cc1.Cl. The minimum absolute atomic E-state index is 0. The zero-order valence-corrected chi connectivity index (χ0v) is 9.77. The molecule has 0 amide bonds. The van der Waals surface area contributed by atoms with Gasteiger partial charge in [0.05, 0.1) is 5.69 Å². The van der Waals surface area contributed by atoms with Gasteiger partial charge in [0.15, 0.2) is 10.9 Å². The summed E-state index contributed by atoms with van der Waals surface area (Å²) in [7, 11) is 0. The lowest BCUT2D eigenvalue weighted by Gasteiger charge is -2.15. The van der Waals surface area contributed by atoms with Crippen LogP contribution < -0.4 is 16.6 Å². The first kappa shape index (κ1) is 13.8. The molecule has 0 aliphatic carbocycles. The number of hydrogen-bond donors (Lipinski definition) is 2. The predicted molar refractivity (Wildman–Crippen MR) is 67.1 cm³/mol. The lowest BCUT2D eigenvalue weighted by molar-refractivity contribution is 0.101. The molecule has 15 heavy (non-hydrogen) atoms. The molecular formula is C9H12ClN3OS. The average Bonchev–Trinajstić information content (AvgIpc) is 2.16. The lowest BCUT2D eigenvalue weighted by atomic mass is 10.1. The topological polar surface area (TPSA) is 72.3 Å². The van der Waals surface area contributed by atoms with Gasteiger partial charge in [0.2, 0.25) is 0 Å². The van der Waals surface area contributed by atoms with Crippen LogP contribution in [0.25, 0.3) is 0 Å². The Bertz CT molecular complexity index is 366. The quantitative estimate of drug-likeness (QED) is 0.355. The molecule has 0 aliphatic rings. The van der Waals surface area contributed by atoms with Gasteiger partial charge >= 0.3 is 0 Å². The third-order valence-electron chi connectivity index (χ3n) is 1.79. The Morgan fingerprint density at radius 2 is 1.80 bits per heavy atom. The summed E-state index contributed by atoms with van der Waals surface area (Å²) in [5.74, 6) is 5.56. The Morgan fingerprint density at radius 3 is 2.13 bits per heavy atom. The third-order valence-corrected chi connectivity index (χ3v) is 1.99. The van der Waals surface area contributed by atoms with Crippen LogP contribution in [0, 0.1) is 0 Å². The van der Waals surface area contributed by atoms with Crippen LogP contribution >= 0.6 is 24.6 Å². The van der Waals surface area contributed by atoms with Gasteiger partial charge in [-0.2, -0.15) is 0 Å². The number of carbonyl (C=O) groups excluding carboxylic acids is 1. The predicted octanol–water partition coefficient (Wildman–Crippen LogP) is 1.23. The van der Waals surface area contributed by atoms with E-state index in [0.717, 1.165) is 0 Å². The molecule has 4 N–H and O–H groups in total. The van der Waals surface area contributed by atoms with Crippen molar-refractivity contribution in [1.29, 1.82) is 0 Å². The van der Waals surface area contributed by atoms with E-state index in [-0.39, 0.29) is 23.3 Å². The Balaban J connectivity index is 0.00000196. The molecule has 0 bridgehead atoms. The van der Waals surface area contributed by atoms with Gasteiger partial charge < -0.3 is 5.73 Å². The number of Topliss-reactive ketones (excluding diaryl/α,β-unsaturated/α-hetero) is 1. The molecule has 0 heterocycles. The number of anilines is 1. The zero-order chi connectivity index (χ0) is 10.7. The van der Waals surface area contributed by atoms with E-state index in [9.17, 15) is 4.79 Å². The van der Waals surface area contributed by atoms with Crippen molar-refractivity contribution in [1.82, 2.24) is 0 Å². The van der Waals surface area contributed by atoms with Crippen molar-refractivity contribution in [3.8, 4) is 0 Å². The summed E-state index contributed by atoms with van der Waals surface area (Å²) in [6, 6.07) is 6.73.